The summed E-state index contributed by atoms with van der Waals surface area (Å²) in [7, 11) is 0. The first-order valence-electron chi connectivity index (χ1n) is 8.02. The fourth-order valence-electron chi connectivity index (χ4n) is 2.66. The number of aryl methyl sites for hydroxylation is 1. The molecule has 1 amide bonds. The van der Waals surface area contributed by atoms with Crippen LogP contribution >= 0.6 is 11.3 Å². The molecule has 0 radical (unpaired) electrons. The third-order valence-corrected chi connectivity index (χ3v) is 4.73. The van der Waals surface area contributed by atoms with E-state index >= 15 is 0 Å². The minimum absolute atomic E-state index is 0.0648. The maximum atomic E-state index is 12.0. The average molecular weight is 341 g/mol. The fourth-order valence-corrected chi connectivity index (χ4v) is 3.26. The molecule has 3 rings (SSSR count). The van der Waals surface area contributed by atoms with Crippen molar-refractivity contribution in [3.05, 3.63) is 46.7 Å². The van der Waals surface area contributed by atoms with Gasteiger partial charge in [-0.05, 0) is 23.9 Å². The SMILES string of the molecule is CCCCCn1c(O)c(N=NC(=O)c2cccs2)c2ccccc21. The van der Waals surface area contributed by atoms with Crippen LogP contribution in [0.1, 0.15) is 35.9 Å². The summed E-state index contributed by atoms with van der Waals surface area (Å²) in [6, 6.07) is 11.1. The highest BCUT2D eigenvalue weighted by atomic mass is 32.1. The van der Waals surface area contributed by atoms with E-state index in [2.05, 4.69) is 17.2 Å². The molecular formula is C18H19N3O2S. The molecule has 0 atom stereocenters. The van der Waals surface area contributed by atoms with E-state index in [1.165, 1.54) is 11.3 Å². The Balaban J connectivity index is 1.95. The van der Waals surface area contributed by atoms with E-state index in [4.69, 9.17) is 0 Å². The minimum atomic E-state index is -0.396. The van der Waals surface area contributed by atoms with E-state index in [1.807, 2.05) is 34.2 Å². The lowest BCUT2D eigenvalue weighted by atomic mass is 10.2. The smallest absolute Gasteiger partial charge is 0.305 e. The molecule has 2 heterocycles. The minimum Gasteiger partial charge on any atom is -0.493 e. The van der Waals surface area contributed by atoms with Crippen molar-refractivity contribution >= 4 is 33.8 Å². The number of thiophene rings is 1. The molecule has 0 fully saturated rings. The van der Waals surface area contributed by atoms with Crippen LogP contribution in [0, 0.1) is 0 Å². The highest BCUT2D eigenvalue weighted by Gasteiger charge is 2.16. The van der Waals surface area contributed by atoms with Gasteiger partial charge in [0, 0.05) is 11.9 Å². The lowest BCUT2D eigenvalue weighted by Gasteiger charge is -2.05. The Morgan fingerprint density at radius 2 is 2.04 bits per heavy atom. The largest absolute Gasteiger partial charge is 0.493 e. The Bertz CT molecular complexity index is 866. The van der Waals surface area contributed by atoms with Gasteiger partial charge in [0.1, 0.15) is 0 Å². The van der Waals surface area contributed by atoms with Gasteiger partial charge in [-0.2, -0.15) is 0 Å². The van der Waals surface area contributed by atoms with E-state index in [0.717, 1.165) is 30.2 Å². The molecule has 2 aromatic heterocycles. The summed E-state index contributed by atoms with van der Waals surface area (Å²) in [5.41, 5.74) is 1.26. The van der Waals surface area contributed by atoms with Crippen LogP contribution in [-0.4, -0.2) is 15.6 Å². The number of rotatable bonds is 6. The summed E-state index contributed by atoms with van der Waals surface area (Å²) in [6.07, 6.45) is 3.19. The number of aromatic hydroxyl groups is 1. The van der Waals surface area contributed by atoms with Crippen LogP contribution < -0.4 is 0 Å². The molecule has 0 saturated carbocycles. The van der Waals surface area contributed by atoms with Gasteiger partial charge >= 0.3 is 5.91 Å². The Labute approximate surface area is 144 Å². The molecule has 0 aliphatic heterocycles. The molecule has 1 N–H and O–H groups in total. The van der Waals surface area contributed by atoms with E-state index in [0.29, 0.717) is 17.1 Å². The van der Waals surface area contributed by atoms with Crippen LogP contribution in [0.5, 0.6) is 5.88 Å². The molecular weight excluding hydrogens is 322 g/mol. The molecule has 0 aliphatic carbocycles. The van der Waals surface area contributed by atoms with Crippen molar-refractivity contribution in [2.24, 2.45) is 10.2 Å². The fraction of sp³-hybridized carbons (Fsp3) is 0.278. The van der Waals surface area contributed by atoms with Crippen molar-refractivity contribution in [1.82, 2.24) is 4.57 Å². The summed E-state index contributed by atoms with van der Waals surface area (Å²) in [5.74, 6) is -0.331. The quantitative estimate of drug-likeness (QED) is 0.473. The van der Waals surface area contributed by atoms with Crippen molar-refractivity contribution in [1.29, 1.82) is 0 Å². The Hall–Kier alpha value is -2.47. The average Bonchev–Trinajstić information content (AvgIpc) is 3.21. The van der Waals surface area contributed by atoms with Gasteiger partial charge in [0.15, 0.2) is 5.69 Å². The zero-order valence-corrected chi connectivity index (χ0v) is 14.3. The number of hydrogen-bond donors (Lipinski definition) is 1. The number of azo groups is 1. The lowest BCUT2D eigenvalue weighted by molar-refractivity contribution is 0.0999. The van der Waals surface area contributed by atoms with Gasteiger partial charge in [0.25, 0.3) is 0 Å². The highest BCUT2D eigenvalue weighted by Crippen LogP contribution is 2.39. The van der Waals surface area contributed by atoms with Crippen LogP contribution in [0.4, 0.5) is 5.69 Å². The number of unbranched alkanes of at least 4 members (excludes halogenated alkanes) is 2. The van der Waals surface area contributed by atoms with E-state index in [9.17, 15) is 9.90 Å². The predicted octanol–water partition coefficient (Wildman–Crippen LogP) is 5.52. The van der Waals surface area contributed by atoms with Gasteiger partial charge < -0.3 is 9.67 Å². The number of benzene rings is 1. The Morgan fingerprint density at radius 1 is 1.21 bits per heavy atom. The lowest BCUT2D eigenvalue weighted by Crippen LogP contribution is -1.96. The number of hydrogen-bond acceptors (Lipinski definition) is 4. The summed E-state index contributed by atoms with van der Waals surface area (Å²) in [6.45, 7) is 2.86. The van der Waals surface area contributed by atoms with E-state index < -0.39 is 5.91 Å². The third-order valence-electron chi connectivity index (χ3n) is 3.88. The Kier molecular flexibility index (Phi) is 5.05. The number of amides is 1. The first kappa shape index (κ1) is 16.4. The van der Waals surface area contributed by atoms with Crippen LogP contribution in [0.15, 0.2) is 52.0 Å². The summed E-state index contributed by atoms with van der Waals surface area (Å²) < 4.78 is 1.84. The Morgan fingerprint density at radius 3 is 2.79 bits per heavy atom. The number of aromatic nitrogens is 1. The van der Waals surface area contributed by atoms with Crippen molar-refractivity contribution in [3.8, 4) is 5.88 Å². The molecule has 5 nitrogen and oxygen atoms in total. The highest BCUT2D eigenvalue weighted by molar-refractivity contribution is 7.12. The zero-order chi connectivity index (χ0) is 16.9. The third kappa shape index (κ3) is 3.23. The molecule has 0 bridgehead atoms. The molecule has 1 aromatic carbocycles. The van der Waals surface area contributed by atoms with Crippen molar-refractivity contribution in [2.45, 2.75) is 32.7 Å². The van der Waals surface area contributed by atoms with Crippen LogP contribution in [0.3, 0.4) is 0 Å². The summed E-state index contributed by atoms with van der Waals surface area (Å²) in [5, 5.41) is 21.0. The van der Waals surface area contributed by atoms with Crippen LogP contribution in [0.25, 0.3) is 10.9 Å². The zero-order valence-electron chi connectivity index (χ0n) is 13.5. The van der Waals surface area contributed by atoms with Gasteiger partial charge in [0.2, 0.25) is 5.88 Å². The van der Waals surface area contributed by atoms with E-state index in [-0.39, 0.29) is 5.88 Å². The van der Waals surface area contributed by atoms with Gasteiger partial charge in [-0.25, -0.2) is 0 Å². The molecule has 24 heavy (non-hydrogen) atoms. The second-order valence-corrected chi connectivity index (χ2v) is 6.48. The van der Waals surface area contributed by atoms with E-state index in [1.54, 1.807) is 12.1 Å². The molecule has 6 heteroatoms. The molecule has 3 aromatic rings. The van der Waals surface area contributed by atoms with Gasteiger partial charge in [-0.1, -0.05) is 44.0 Å². The summed E-state index contributed by atoms with van der Waals surface area (Å²) >= 11 is 1.32. The number of fused-ring (bicyclic) bond motifs is 1. The van der Waals surface area contributed by atoms with Crippen molar-refractivity contribution < 1.29 is 9.90 Å². The standard InChI is InChI=1S/C18H19N3O2S/c1-2-3-6-11-21-14-9-5-4-8-13(14)16(18(21)23)19-20-17(22)15-10-7-12-24-15/h4-5,7-10,12,23H,2-3,6,11H2,1H3. The first-order chi connectivity index (χ1) is 11.7. The normalized spacial score (nSPS) is 11.5. The first-order valence-corrected chi connectivity index (χ1v) is 8.90. The van der Waals surface area contributed by atoms with Crippen molar-refractivity contribution in [2.75, 3.05) is 0 Å². The number of carbonyl (C=O) groups excluding carboxylic acids is 1. The van der Waals surface area contributed by atoms with Crippen LogP contribution in [0.2, 0.25) is 0 Å². The maximum absolute atomic E-state index is 12.0. The molecule has 0 spiro atoms. The number of nitrogens with zero attached hydrogens (tertiary/aromatic N) is 3. The molecule has 0 saturated heterocycles. The molecule has 124 valence electrons. The van der Waals surface area contributed by atoms with Gasteiger partial charge in [-0.3, -0.25) is 4.79 Å². The van der Waals surface area contributed by atoms with Crippen LogP contribution in [-0.2, 0) is 6.54 Å². The monoisotopic (exact) mass is 341 g/mol. The van der Waals surface area contributed by atoms with Crippen molar-refractivity contribution in [3.63, 3.8) is 0 Å². The topological polar surface area (TPSA) is 66.9 Å². The predicted molar refractivity (Wildman–Crippen MR) is 96.3 cm³/mol. The summed E-state index contributed by atoms with van der Waals surface area (Å²) in [4.78, 5) is 12.5. The number of para-hydroxylation sites is 1. The second kappa shape index (κ2) is 7.40. The molecule has 0 unspecified atom stereocenters. The molecule has 0 aliphatic rings. The van der Waals surface area contributed by atoms with Gasteiger partial charge in [0.05, 0.1) is 10.4 Å². The number of carbonyl (C=O) groups is 1. The van der Waals surface area contributed by atoms with Gasteiger partial charge in [-0.15, -0.1) is 21.6 Å². The maximum Gasteiger partial charge on any atom is 0.305 e. The second-order valence-electron chi connectivity index (χ2n) is 5.53.